The zero-order chi connectivity index (χ0) is 20.9. The largest absolute Gasteiger partial charge is 0.385 e. The smallest absolute Gasteiger partial charge is 0.250 e. The van der Waals surface area contributed by atoms with Crippen LogP contribution in [-0.4, -0.2) is 48.9 Å². The summed E-state index contributed by atoms with van der Waals surface area (Å²) in [6.45, 7) is 4.95. The molecular weight excluding hydrogens is 438 g/mol. The van der Waals surface area contributed by atoms with Gasteiger partial charge in [-0.05, 0) is 37.0 Å². The van der Waals surface area contributed by atoms with Gasteiger partial charge in [0.2, 0.25) is 17.7 Å². The minimum absolute atomic E-state index is 0.178. The quantitative estimate of drug-likeness (QED) is 0.498. The minimum Gasteiger partial charge on any atom is -0.385 e. The van der Waals surface area contributed by atoms with Crippen molar-refractivity contribution in [2.45, 2.75) is 38.3 Å². The molecule has 0 saturated carbocycles. The number of benzene rings is 1. The molecule has 0 aliphatic carbocycles. The molecule has 3 heterocycles. The summed E-state index contributed by atoms with van der Waals surface area (Å²) in [5, 5.41) is 6.38. The molecule has 3 aliphatic rings. The van der Waals surface area contributed by atoms with Gasteiger partial charge in [0.05, 0.1) is 11.8 Å². The zero-order valence-electron chi connectivity index (χ0n) is 16.8. The Hall–Kier alpha value is -1.77. The predicted octanol–water partition coefficient (Wildman–Crippen LogP) is 2.25. The number of ether oxygens (including phenoxy) is 1. The highest BCUT2D eigenvalue weighted by Gasteiger charge is 2.70. The number of rotatable bonds is 6. The first-order chi connectivity index (χ1) is 13.8. The van der Waals surface area contributed by atoms with Gasteiger partial charge in [-0.3, -0.25) is 24.6 Å². The summed E-state index contributed by atoms with van der Waals surface area (Å²) in [5.41, 5.74) is 0.206. The normalized spacial score (nSPS) is 30.4. The third-order valence-electron chi connectivity index (χ3n) is 6.22. The highest BCUT2D eigenvalue weighted by Crippen LogP contribution is 2.54. The molecule has 29 heavy (non-hydrogen) atoms. The van der Waals surface area contributed by atoms with E-state index in [0.717, 1.165) is 10.0 Å². The molecule has 3 aliphatic heterocycles. The minimum atomic E-state index is -1.22. The molecule has 1 spiro atoms. The van der Waals surface area contributed by atoms with E-state index >= 15 is 0 Å². The van der Waals surface area contributed by atoms with Gasteiger partial charge in [0.25, 0.3) is 0 Å². The highest BCUT2D eigenvalue weighted by molar-refractivity contribution is 9.10. The molecule has 0 aromatic heterocycles. The maximum absolute atomic E-state index is 13.5. The van der Waals surface area contributed by atoms with Crippen LogP contribution >= 0.6 is 15.9 Å². The Balaban J connectivity index is 1.79. The lowest BCUT2D eigenvalue weighted by molar-refractivity contribution is -0.143. The number of carbonyl (C=O) groups excluding carboxylic acids is 3. The average Bonchev–Trinajstić information content (AvgIpc) is 3.22. The number of imide groups is 1. The number of hydrogen-bond donors (Lipinski definition) is 2. The summed E-state index contributed by atoms with van der Waals surface area (Å²) in [6, 6.07) is 5.32. The fourth-order valence-corrected chi connectivity index (χ4v) is 5.49. The number of halogens is 1. The number of likely N-dealkylation sites (tertiary alicyclic amines) is 1. The molecule has 0 bridgehead atoms. The lowest BCUT2D eigenvalue weighted by atomic mass is 9.76. The molecular formula is C21H26BrN3O4. The van der Waals surface area contributed by atoms with Crippen molar-refractivity contribution in [1.29, 1.82) is 0 Å². The Morgan fingerprint density at radius 2 is 2.00 bits per heavy atom. The molecule has 2 N–H and O–H groups in total. The summed E-state index contributed by atoms with van der Waals surface area (Å²) in [5.74, 6) is -1.66. The molecule has 2 fully saturated rings. The number of anilines is 1. The molecule has 4 atom stereocenters. The Morgan fingerprint density at radius 3 is 2.69 bits per heavy atom. The van der Waals surface area contributed by atoms with Crippen LogP contribution < -0.4 is 10.6 Å². The fraction of sp³-hybridized carbons (Fsp3) is 0.571. The second-order valence-electron chi connectivity index (χ2n) is 8.51. The SMILES string of the molecule is COCCCN1C(=O)[C@@H]2[C@H](CC(C)C)N[C@@]3(C(=O)Nc4ccc(Br)cc43)[C@@H]2C1=O. The van der Waals surface area contributed by atoms with Crippen LogP contribution in [0.25, 0.3) is 0 Å². The van der Waals surface area contributed by atoms with Crippen molar-refractivity contribution in [3.05, 3.63) is 28.2 Å². The van der Waals surface area contributed by atoms with Crippen molar-refractivity contribution in [3.63, 3.8) is 0 Å². The Kier molecular flexibility index (Phi) is 5.29. The third-order valence-corrected chi connectivity index (χ3v) is 6.72. The number of nitrogens with one attached hydrogen (secondary N) is 2. The molecule has 4 rings (SSSR count). The van der Waals surface area contributed by atoms with Crippen molar-refractivity contribution < 1.29 is 19.1 Å². The van der Waals surface area contributed by atoms with Crippen molar-refractivity contribution in [3.8, 4) is 0 Å². The van der Waals surface area contributed by atoms with E-state index in [2.05, 4.69) is 40.4 Å². The first kappa shape index (κ1) is 20.5. The summed E-state index contributed by atoms with van der Waals surface area (Å²) in [6.07, 6.45) is 1.29. The summed E-state index contributed by atoms with van der Waals surface area (Å²) in [4.78, 5) is 41.4. The maximum atomic E-state index is 13.5. The second-order valence-corrected chi connectivity index (χ2v) is 9.43. The Bertz CT molecular complexity index is 873. The first-order valence-corrected chi connectivity index (χ1v) is 10.8. The van der Waals surface area contributed by atoms with Crippen molar-refractivity contribution in [2.24, 2.45) is 17.8 Å². The lowest BCUT2D eigenvalue weighted by Gasteiger charge is -2.30. The number of hydrogen-bond acceptors (Lipinski definition) is 5. The van der Waals surface area contributed by atoms with E-state index in [0.29, 0.717) is 37.6 Å². The van der Waals surface area contributed by atoms with Crippen LogP contribution in [0.3, 0.4) is 0 Å². The number of amides is 3. The van der Waals surface area contributed by atoms with E-state index in [1.165, 1.54) is 4.90 Å². The van der Waals surface area contributed by atoms with E-state index in [1.54, 1.807) is 7.11 Å². The van der Waals surface area contributed by atoms with Gasteiger partial charge < -0.3 is 10.1 Å². The van der Waals surface area contributed by atoms with Gasteiger partial charge in [0.15, 0.2) is 0 Å². The van der Waals surface area contributed by atoms with Gasteiger partial charge in [0, 0.05) is 42.0 Å². The van der Waals surface area contributed by atoms with E-state index in [-0.39, 0.29) is 23.8 Å². The molecule has 0 unspecified atom stereocenters. The molecule has 7 nitrogen and oxygen atoms in total. The summed E-state index contributed by atoms with van der Waals surface area (Å²) in [7, 11) is 1.59. The van der Waals surface area contributed by atoms with Gasteiger partial charge in [-0.1, -0.05) is 29.8 Å². The molecule has 1 aromatic rings. The fourth-order valence-electron chi connectivity index (χ4n) is 5.13. The van der Waals surface area contributed by atoms with Crippen LogP contribution in [0.15, 0.2) is 22.7 Å². The van der Waals surface area contributed by atoms with Crippen LogP contribution in [0, 0.1) is 17.8 Å². The van der Waals surface area contributed by atoms with Gasteiger partial charge in [0.1, 0.15) is 5.54 Å². The summed E-state index contributed by atoms with van der Waals surface area (Å²) >= 11 is 3.48. The van der Waals surface area contributed by atoms with Gasteiger partial charge >= 0.3 is 0 Å². The number of carbonyl (C=O) groups is 3. The zero-order valence-corrected chi connectivity index (χ0v) is 18.4. The third kappa shape index (κ3) is 3.04. The van der Waals surface area contributed by atoms with Crippen LogP contribution in [0.4, 0.5) is 5.69 Å². The van der Waals surface area contributed by atoms with Gasteiger partial charge in [-0.2, -0.15) is 0 Å². The topological polar surface area (TPSA) is 87.7 Å². The first-order valence-electron chi connectivity index (χ1n) is 10.0. The van der Waals surface area contributed by atoms with Crippen molar-refractivity contribution in [2.75, 3.05) is 25.6 Å². The van der Waals surface area contributed by atoms with Crippen LogP contribution in [0.5, 0.6) is 0 Å². The van der Waals surface area contributed by atoms with E-state index in [4.69, 9.17) is 4.74 Å². The monoisotopic (exact) mass is 463 g/mol. The molecule has 2 saturated heterocycles. The van der Waals surface area contributed by atoms with Crippen LogP contribution in [0.2, 0.25) is 0 Å². The van der Waals surface area contributed by atoms with Gasteiger partial charge in [-0.15, -0.1) is 0 Å². The number of methoxy groups -OCH3 is 1. The standard InChI is InChI=1S/C21H26BrN3O4/c1-11(2)9-15-16-17(19(27)25(18(16)26)7-4-8-29-3)21(24-15)13-10-12(22)5-6-14(13)23-20(21)28/h5-6,10-11,15-17,24H,4,7-9H2,1-3H3,(H,23,28)/t15-,16+,17-,21+/m0/s1. The lowest BCUT2D eigenvalue weighted by Crippen LogP contribution is -2.53. The van der Waals surface area contributed by atoms with Crippen molar-refractivity contribution in [1.82, 2.24) is 10.2 Å². The Morgan fingerprint density at radius 1 is 1.24 bits per heavy atom. The average molecular weight is 464 g/mol. The molecule has 0 radical (unpaired) electrons. The number of nitrogens with zero attached hydrogens (tertiary/aromatic N) is 1. The van der Waals surface area contributed by atoms with Gasteiger partial charge in [-0.25, -0.2) is 0 Å². The van der Waals surface area contributed by atoms with Crippen molar-refractivity contribution >= 4 is 39.3 Å². The van der Waals surface area contributed by atoms with E-state index in [9.17, 15) is 14.4 Å². The number of fused-ring (bicyclic) bond motifs is 4. The van der Waals surface area contributed by atoms with E-state index < -0.39 is 17.4 Å². The Labute approximate surface area is 178 Å². The summed E-state index contributed by atoms with van der Waals surface area (Å²) < 4.78 is 5.90. The van der Waals surface area contributed by atoms with Crippen LogP contribution in [0.1, 0.15) is 32.3 Å². The molecule has 156 valence electrons. The molecule has 1 aromatic carbocycles. The predicted molar refractivity (Wildman–Crippen MR) is 111 cm³/mol. The molecule has 3 amide bonds. The molecule has 8 heteroatoms. The second kappa shape index (κ2) is 7.49. The van der Waals surface area contributed by atoms with Crippen LogP contribution in [-0.2, 0) is 24.7 Å². The van der Waals surface area contributed by atoms with E-state index in [1.807, 2.05) is 18.2 Å². The maximum Gasteiger partial charge on any atom is 0.250 e. The highest BCUT2D eigenvalue weighted by atomic mass is 79.9.